The van der Waals surface area contributed by atoms with Gasteiger partial charge >= 0.3 is 17.9 Å². The Labute approximate surface area is 374 Å². The number of hydrogen-bond acceptors (Lipinski definition) is 6. The van der Waals surface area contributed by atoms with Crippen molar-refractivity contribution in [2.24, 2.45) is 0 Å². The lowest BCUT2D eigenvalue weighted by Gasteiger charge is -2.18. The second-order valence-electron chi connectivity index (χ2n) is 18.5. The van der Waals surface area contributed by atoms with Crippen LogP contribution in [0.15, 0.2) is 0 Å². The fraction of sp³-hybridized carbons (Fsp3) is 0.944. The highest BCUT2D eigenvalue weighted by Gasteiger charge is 2.19. The van der Waals surface area contributed by atoms with E-state index in [1.54, 1.807) is 0 Å². The van der Waals surface area contributed by atoms with Crippen molar-refractivity contribution in [3.05, 3.63) is 0 Å². The minimum Gasteiger partial charge on any atom is -0.462 e. The smallest absolute Gasteiger partial charge is 0.306 e. The zero-order valence-electron chi connectivity index (χ0n) is 40.8. The average Bonchev–Trinajstić information content (AvgIpc) is 3.24. The van der Waals surface area contributed by atoms with E-state index in [1.165, 1.54) is 212 Å². The van der Waals surface area contributed by atoms with Crippen molar-refractivity contribution in [3.8, 4) is 0 Å². The highest BCUT2D eigenvalue weighted by Crippen LogP contribution is 2.17. The minimum atomic E-state index is -0.759. The summed E-state index contributed by atoms with van der Waals surface area (Å²) in [6, 6.07) is 0. The third-order valence-corrected chi connectivity index (χ3v) is 12.4. The highest BCUT2D eigenvalue weighted by atomic mass is 16.6. The Morgan fingerprint density at radius 1 is 0.267 bits per heavy atom. The molecule has 0 fully saturated rings. The summed E-state index contributed by atoms with van der Waals surface area (Å²) in [5, 5.41) is 0. The van der Waals surface area contributed by atoms with Crippen LogP contribution in [0.25, 0.3) is 0 Å². The molecule has 0 aliphatic heterocycles. The molecule has 0 bridgehead atoms. The van der Waals surface area contributed by atoms with Crippen molar-refractivity contribution in [1.82, 2.24) is 0 Å². The molecule has 6 nitrogen and oxygen atoms in total. The van der Waals surface area contributed by atoms with Gasteiger partial charge in [-0.3, -0.25) is 14.4 Å². The Kier molecular flexibility index (Phi) is 48.7. The molecule has 0 amide bonds. The summed E-state index contributed by atoms with van der Waals surface area (Å²) in [5.74, 6) is -0.843. The SMILES string of the molecule is CCCCCCCCCCCCCCCCCCCCCC(=O)OCC(COC(=O)CCCCCCCCCC)OC(=O)CCCCCCCCCCCCCCCCC. The van der Waals surface area contributed by atoms with Crippen LogP contribution in [0.3, 0.4) is 0 Å². The number of unbranched alkanes of at least 4 members (excludes halogenated alkanes) is 39. The van der Waals surface area contributed by atoms with Gasteiger partial charge in [-0.25, -0.2) is 0 Å². The largest absolute Gasteiger partial charge is 0.462 e. The highest BCUT2D eigenvalue weighted by molar-refractivity contribution is 5.71. The summed E-state index contributed by atoms with van der Waals surface area (Å²) in [6.07, 6.45) is 53.9. The van der Waals surface area contributed by atoms with Gasteiger partial charge in [0.2, 0.25) is 0 Å². The molecule has 0 saturated heterocycles. The van der Waals surface area contributed by atoms with Gasteiger partial charge in [0.15, 0.2) is 6.10 Å². The minimum absolute atomic E-state index is 0.0619. The molecular formula is C54H104O6. The first-order valence-corrected chi connectivity index (χ1v) is 27.0. The topological polar surface area (TPSA) is 78.9 Å². The van der Waals surface area contributed by atoms with E-state index >= 15 is 0 Å². The zero-order chi connectivity index (χ0) is 43.7. The van der Waals surface area contributed by atoms with Crippen LogP contribution < -0.4 is 0 Å². The van der Waals surface area contributed by atoms with E-state index in [0.29, 0.717) is 19.3 Å². The molecule has 0 aliphatic carbocycles. The van der Waals surface area contributed by atoms with Crippen molar-refractivity contribution >= 4 is 17.9 Å². The van der Waals surface area contributed by atoms with Gasteiger partial charge in [0.1, 0.15) is 13.2 Å². The van der Waals surface area contributed by atoms with Gasteiger partial charge < -0.3 is 14.2 Å². The van der Waals surface area contributed by atoms with E-state index < -0.39 is 6.10 Å². The fourth-order valence-electron chi connectivity index (χ4n) is 8.27. The maximum absolute atomic E-state index is 12.8. The van der Waals surface area contributed by atoms with Gasteiger partial charge in [-0.2, -0.15) is 0 Å². The van der Waals surface area contributed by atoms with Crippen LogP contribution in [-0.2, 0) is 28.6 Å². The van der Waals surface area contributed by atoms with Gasteiger partial charge in [0, 0.05) is 19.3 Å². The van der Waals surface area contributed by atoms with Crippen molar-refractivity contribution in [3.63, 3.8) is 0 Å². The Morgan fingerprint density at radius 2 is 0.450 bits per heavy atom. The van der Waals surface area contributed by atoms with E-state index in [1.807, 2.05) is 0 Å². The van der Waals surface area contributed by atoms with Crippen LogP contribution in [0.1, 0.15) is 310 Å². The number of hydrogen-bond donors (Lipinski definition) is 0. The second-order valence-corrected chi connectivity index (χ2v) is 18.5. The van der Waals surface area contributed by atoms with E-state index in [-0.39, 0.29) is 31.1 Å². The van der Waals surface area contributed by atoms with Gasteiger partial charge in [0.25, 0.3) is 0 Å². The van der Waals surface area contributed by atoms with Crippen molar-refractivity contribution in [1.29, 1.82) is 0 Å². The number of carbonyl (C=O) groups is 3. The summed E-state index contributed by atoms with van der Waals surface area (Å²) in [6.45, 7) is 6.66. The Bertz CT molecular complexity index is 889. The third-order valence-electron chi connectivity index (χ3n) is 12.4. The van der Waals surface area contributed by atoms with Crippen LogP contribution in [0, 0.1) is 0 Å². The fourth-order valence-corrected chi connectivity index (χ4v) is 8.27. The molecule has 0 aliphatic rings. The van der Waals surface area contributed by atoms with Crippen LogP contribution in [-0.4, -0.2) is 37.2 Å². The summed E-state index contributed by atoms with van der Waals surface area (Å²) in [7, 11) is 0. The summed E-state index contributed by atoms with van der Waals surface area (Å²) < 4.78 is 16.8. The first-order valence-electron chi connectivity index (χ1n) is 27.0. The first kappa shape index (κ1) is 58.4. The summed E-state index contributed by atoms with van der Waals surface area (Å²) in [4.78, 5) is 37.9. The quantitative estimate of drug-likeness (QED) is 0.0345. The molecule has 0 rings (SSSR count). The van der Waals surface area contributed by atoms with Crippen LogP contribution >= 0.6 is 0 Å². The molecule has 60 heavy (non-hydrogen) atoms. The number of rotatable bonds is 50. The van der Waals surface area contributed by atoms with Crippen LogP contribution in [0.4, 0.5) is 0 Å². The average molecular weight is 849 g/mol. The van der Waals surface area contributed by atoms with Gasteiger partial charge in [-0.15, -0.1) is 0 Å². The standard InChI is InChI=1S/C54H104O6/c1-4-7-10-13-16-19-21-23-25-26-27-28-30-31-33-35-38-41-44-47-53(56)59-50-51(49-58-52(55)46-43-40-37-18-15-12-9-6-3)60-54(57)48-45-42-39-36-34-32-29-24-22-20-17-14-11-8-5-2/h51H,4-50H2,1-3H3. The van der Waals surface area contributed by atoms with E-state index in [4.69, 9.17) is 14.2 Å². The van der Waals surface area contributed by atoms with E-state index in [2.05, 4.69) is 20.8 Å². The van der Waals surface area contributed by atoms with Crippen LogP contribution in [0.2, 0.25) is 0 Å². The number of esters is 3. The normalized spacial score (nSPS) is 11.8. The lowest BCUT2D eigenvalue weighted by molar-refractivity contribution is -0.167. The maximum atomic E-state index is 12.8. The summed E-state index contributed by atoms with van der Waals surface area (Å²) >= 11 is 0. The molecule has 0 N–H and O–H groups in total. The van der Waals surface area contributed by atoms with E-state index in [9.17, 15) is 14.4 Å². The molecule has 0 saturated carbocycles. The van der Waals surface area contributed by atoms with Crippen molar-refractivity contribution in [2.45, 2.75) is 316 Å². The zero-order valence-corrected chi connectivity index (χ0v) is 40.8. The third kappa shape index (κ3) is 47.5. The number of ether oxygens (including phenoxy) is 3. The van der Waals surface area contributed by atoms with Crippen molar-refractivity contribution in [2.75, 3.05) is 13.2 Å². The Morgan fingerprint density at radius 3 is 0.667 bits per heavy atom. The predicted octanol–water partition coefficient (Wildman–Crippen LogP) is 17.6. The molecular weight excluding hydrogens is 745 g/mol. The molecule has 1 atom stereocenters. The monoisotopic (exact) mass is 849 g/mol. The molecule has 0 aromatic rings. The molecule has 0 spiro atoms. The molecule has 0 heterocycles. The molecule has 356 valence electrons. The summed E-state index contributed by atoms with van der Waals surface area (Å²) in [5.41, 5.74) is 0. The molecule has 0 radical (unpaired) electrons. The van der Waals surface area contributed by atoms with Crippen LogP contribution in [0.5, 0.6) is 0 Å². The lowest BCUT2D eigenvalue weighted by atomic mass is 10.0. The first-order chi connectivity index (χ1) is 29.5. The molecule has 0 aromatic heterocycles. The van der Waals surface area contributed by atoms with E-state index in [0.717, 1.165) is 57.8 Å². The van der Waals surface area contributed by atoms with Gasteiger partial charge in [-0.05, 0) is 19.3 Å². The lowest BCUT2D eigenvalue weighted by Crippen LogP contribution is -2.30. The number of carbonyl (C=O) groups excluding carboxylic acids is 3. The Balaban J connectivity index is 4.18. The van der Waals surface area contributed by atoms with Crippen molar-refractivity contribution < 1.29 is 28.6 Å². The molecule has 0 aromatic carbocycles. The second kappa shape index (κ2) is 50.1. The molecule has 1 unspecified atom stereocenters. The van der Waals surface area contributed by atoms with Gasteiger partial charge in [-0.1, -0.05) is 271 Å². The van der Waals surface area contributed by atoms with Gasteiger partial charge in [0.05, 0.1) is 0 Å². The predicted molar refractivity (Wildman–Crippen MR) is 257 cm³/mol. The maximum Gasteiger partial charge on any atom is 0.306 e. The molecule has 6 heteroatoms. The Hall–Kier alpha value is -1.59.